The Morgan fingerprint density at radius 1 is 0.322 bits per heavy atom. The van der Waals surface area contributed by atoms with Crippen molar-refractivity contribution < 1.29 is 28.6 Å². The van der Waals surface area contributed by atoms with Crippen LogP contribution in [0.4, 0.5) is 0 Å². The van der Waals surface area contributed by atoms with E-state index >= 15 is 0 Å². The number of ether oxygens (including phenoxy) is 3. The van der Waals surface area contributed by atoms with Gasteiger partial charge in [0.1, 0.15) is 13.2 Å². The van der Waals surface area contributed by atoms with E-state index in [4.69, 9.17) is 14.2 Å². The molecule has 6 nitrogen and oxygen atoms in total. The van der Waals surface area contributed by atoms with Crippen LogP contribution in [0.3, 0.4) is 0 Å². The van der Waals surface area contributed by atoms with Gasteiger partial charge in [0.05, 0.1) is 0 Å². The summed E-state index contributed by atoms with van der Waals surface area (Å²) in [6, 6.07) is 0. The van der Waals surface area contributed by atoms with Crippen molar-refractivity contribution in [1.29, 1.82) is 0 Å². The Bertz CT molecular complexity index is 958. The Hall–Kier alpha value is -2.11. The number of hydrogen-bond donors (Lipinski definition) is 0. The van der Waals surface area contributed by atoms with E-state index in [0.717, 1.165) is 57.8 Å². The second-order valence-corrected chi connectivity index (χ2v) is 17.4. The molecule has 0 aromatic carbocycles. The molecular formula is C53H98O6. The minimum Gasteiger partial charge on any atom is -0.462 e. The van der Waals surface area contributed by atoms with Gasteiger partial charge in [-0.05, 0) is 64.2 Å². The molecule has 0 spiro atoms. The van der Waals surface area contributed by atoms with Gasteiger partial charge in [0.15, 0.2) is 6.10 Å². The lowest BCUT2D eigenvalue weighted by molar-refractivity contribution is -0.167. The van der Waals surface area contributed by atoms with Crippen LogP contribution in [0.25, 0.3) is 0 Å². The second kappa shape index (κ2) is 48.6. The first-order chi connectivity index (χ1) is 29.0. The predicted molar refractivity (Wildman–Crippen MR) is 252 cm³/mol. The third-order valence-corrected chi connectivity index (χ3v) is 11.4. The predicted octanol–water partition coefficient (Wildman–Crippen LogP) is 16.8. The van der Waals surface area contributed by atoms with Crippen molar-refractivity contribution in [2.45, 2.75) is 284 Å². The highest BCUT2D eigenvalue weighted by atomic mass is 16.6. The number of carbonyl (C=O) groups is 3. The molecule has 0 fully saturated rings. The first-order valence-corrected chi connectivity index (χ1v) is 25.8. The van der Waals surface area contributed by atoms with E-state index < -0.39 is 6.10 Å². The van der Waals surface area contributed by atoms with Gasteiger partial charge in [-0.15, -0.1) is 0 Å². The molecule has 0 aromatic rings. The van der Waals surface area contributed by atoms with E-state index in [1.807, 2.05) is 0 Å². The standard InChI is InChI=1S/C53H98O6/c1-4-7-10-13-16-19-21-23-25-26-28-29-31-34-37-40-43-46-52(55)58-49-50(48-57-51(54)45-42-39-36-33-18-15-12-9-6-3)59-53(56)47-44-41-38-35-32-30-27-24-22-20-17-14-11-8-5-2/h23,25,33,36,50H,4-22,24,26-32,34-35,37-49H2,1-3H3/b25-23-,36-33-. The van der Waals surface area contributed by atoms with Gasteiger partial charge < -0.3 is 14.2 Å². The molecule has 0 saturated heterocycles. The van der Waals surface area contributed by atoms with Crippen LogP contribution in [0.5, 0.6) is 0 Å². The quantitative estimate of drug-likeness (QED) is 0.0263. The summed E-state index contributed by atoms with van der Waals surface area (Å²) in [5, 5.41) is 0. The summed E-state index contributed by atoms with van der Waals surface area (Å²) in [7, 11) is 0. The zero-order valence-electron chi connectivity index (χ0n) is 39.5. The normalized spacial score (nSPS) is 12.1. The number of hydrogen-bond acceptors (Lipinski definition) is 6. The third-order valence-electron chi connectivity index (χ3n) is 11.4. The Balaban J connectivity index is 4.30. The van der Waals surface area contributed by atoms with E-state index in [1.165, 1.54) is 180 Å². The van der Waals surface area contributed by atoms with Crippen molar-refractivity contribution in [3.05, 3.63) is 24.3 Å². The lowest BCUT2D eigenvalue weighted by Gasteiger charge is -2.18. The van der Waals surface area contributed by atoms with Gasteiger partial charge in [-0.2, -0.15) is 0 Å². The van der Waals surface area contributed by atoms with Crippen molar-refractivity contribution >= 4 is 17.9 Å². The zero-order valence-corrected chi connectivity index (χ0v) is 39.5. The molecule has 0 aliphatic heterocycles. The summed E-state index contributed by atoms with van der Waals surface area (Å²) in [5.41, 5.74) is 0. The van der Waals surface area contributed by atoms with E-state index in [9.17, 15) is 14.4 Å². The number of unbranched alkanes of at least 4 members (excludes halogenated alkanes) is 32. The van der Waals surface area contributed by atoms with Gasteiger partial charge >= 0.3 is 17.9 Å². The average molecular weight is 831 g/mol. The van der Waals surface area contributed by atoms with Crippen LogP contribution in [0.15, 0.2) is 24.3 Å². The fraction of sp³-hybridized carbons (Fsp3) is 0.868. The minimum atomic E-state index is -0.778. The van der Waals surface area contributed by atoms with E-state index in [0.29, 0.717) is 19.3 Å². The van der Waals surface area contributed by atoms with Crippen LogP contribution in [0.1, 0.15) is 278 Å². The summed E-state index contributed by atoms with van der Waals surface area (Å²) < 4.78 is 16.7. The van der Waals surface area contributed by atoms with Crippen molar-refractivity contribution in [2.24, 2.45) is 0 Å². The Morgan fingerprint density at radius 2 is 0.576 bits per heavy atom. The van der Waals surface area contributed by atoms with Crippen LogP contribution < -0.4 is 0 Å². The fourth-order valence-electron chi connectivity index (χ4n) is 7.50. The number of allylic oxidation sites excluding steroid dienone is 4. The molecule has 346 valence electrons. The largest absolute Gasteiger partial charge is 0.462 e. The molecule has 0 N–H and O–H groups in total. The van der Waals surface area contributed by atoms with E-state index in [-0.39, 0.29) is 31.1 Å². The summed E-state index contributed by atoms with van der Waals surface area (Å²) >= 11 is 0. The molecule has 0 bridgehead atoms. The maximum Gasteiger partial charge on any atom is 0.306 e. The smallest absolute Gasteiger partial charge is 0.306 e. The summed E-state index contributed by atoms with van der Waals surface area (Å²) in [6.07, 6.45) is 54.6. The SMILES string of the molecule is CCCCCC/C=C\CCCC(=O)OCC(COC(=O)CCCCCCCCC/C=C\CCCCCCCC)OC(=O)CCCCCCCCCCCCCCCCC. The van der Waals surface area contributed by atoms with E-state index in [1.54, 1.807) is 0 Å². The molecule has 0 rings (SSSR count). The van der Waals surface area contributed by atoms with Crippen molar-refractivity contribution in [1.82, 2.24) is 0 Å². The van der Waals surface area contributed by atoms with Gasteiger partial charge in [0, 0.05) is 19.3 Å². The van der Waals surface area contributed by atoms with Crippen LogP contribution in [0.2, 0.25) is 0 Å². The molecule has 6 heteroatoms. The second-order valence-electron chi connectivity index (χ2n) is 17.4. The molecule has 0 radical (unpaired) electrons. The van der Waals surface area contributed by atoms with Gasteiger partial charge in [-0.1, -0.05) is 218 Å². The van der Waals surface area contributed by atoms with E-state index in [2.05, 4.69) is 45.1 Å². The topological polar surface area (TPSA) is 78.9 Å². The van der Waals surface area contributed by atoms with Crippen molar-refractivity contribution in [3.63, 3.8) is 0 Å². The average Bonchev–Trinajstić information content (AvgIpc) is 3.23. The first kappa shape index (κ1) is 56.9. The first-order valence-electron chi connectivity index (χ1n) is 25.8. The number of esters is 3. The highest BCUT2D eigenvalue weighted by Crippen LogP contribution is 2.16. The van der Waals surface area contributed by atoms with Gasteiger partial charge in [0.2, 0.25) is 0 Å². The molecule has 59 heavy (non-hydrogen) atoms. The lowest BCUT2D eigenvalue weighted by Crippen LogP contribution is -2.30. The van der Waals surface area contributed by atoms with Gasteiger partial charge in [-0.25, -0.2) is 0 Å². The maximum atomic E-state index is 12.8. The Morgan fingerprint density at radius 3 is 0.932 bits per heavy atom. The van der Waals surface area contributed by atoms with Gasteiger partial charge in [-0.3, -0.25) is 14.4 Å². The number of carbonyl (C=O) groups excluding carboxylic acids is 3. The molecule has 0 saturated carbocycles. The fourth-order valence-corrected chi connectivity index (χ4v) is 7.50. The van der Waals surface area contributed by atoms with Crippen LogP contribution in [0, 0.1) is 0 Å². The molecule has 0 heterocycles. The van der Waals surface area contributed by atoms with Crippen LogP contribution >= 0.6 is 0 Å². The summed E-state index contributed by atoms with van der Waals surface area (Å²) in [6.45, 7) is 6.60. The highest BCUT2D eigenvalue weighted by Gasteiger charge is 2.19. The molecule has 1 atom stereocenters. The van der Waals surface area contributed by atoms with Crippen LogP contribution in [-0.4, -0.2) is 37.2 Å². The van der Waals surface area contributed by atoms with Crippen LogP contribution in [-0.2, 0) is 28.6 Å². The lowest BCUT2D eigenvalue weighted by atomic mass is 10.0. The monoisotopic (exact) mass is 831 g/mol. The summed E-state index contributed by atoms with van der Waals surface area (Å²) in [4.78, 5) is 37.8. The molecule has 0 aliphatic carbocycles. The minimum absolute atomic E-state index is 0.0785. The van der Waals surface area contributed by atoms with Gasteiger partial charge in [0.25, 0.3) is 0 Å². The number of rotatable bonds is 47. The maximum absolute atomic E-state index is 12.8. The Kier molecular flexibility index (Phi) is 46.8. The highest BCUT2D eigenvalue weighted by molar-refractivity contribution is 5.71. The van der Waals surface area contributed by atoms with Crippen molar-refractivity contribution in [2.75, 3.05) is 13.2 Å². The Labute approximate surface area is 366 Å². The summed E-state index contributed by atoms with van der Waals surface area (Å²) in [5.74, 6) is -0.907. The molecular weight excluding hydrogens is 733 g/mol. The van der Waals surface area contributed by atoms with Crippen molar-refractivity contribution in [3.8, 4) is 0 Å². The molecule has 0 aromatic heterocycles. The molecule has 1 unspecified atom stereocenters. The third kappa shape index (κ3) is 46.8. The molecule has 0 aliphatic rings. The molecule has 0 amide bonds. The zero-order chi connectivity index (χ0) is 43.0.